The molecule has 3 nitrogen and oxygen atoms in total. The molecule has 0 bridgehead atoms. The number of hydrogen-bond donors (Lipinski definition) is 3. The smallest absolute Gasteiger partial charge is 0.213 e. The van der Waals surface area contributed by atoms with E-state index in [2.05, 4.69) is 10.6 Å². The highest BCUT2D eigenvalue weighted by atomic mass is 35.5. The lowest BCUT2D eigenvalue weighted by molar-refractivity contribution is 0.0339. The molecule has 1 atom stereocenters. The summed E-state index contributed by atoms with van der Waals surface area (Å²) >= 11 is 0. The molecule has 0 fully saturated rings. The monoisotopic (exact) mass is 176 g/mol. The Bertz CT molecular complexity index is 170. The van der Waals surface area contributed by atoms with E-state index in [1.807, 2.05) is 13.0 Å². The summed E-state index contributed by atoms with van der Waals surface area (Å²) in [4.78, 5) is 0. The number of allylic oxidation sites excluding steroid dienone is 2. The molecule has 1 aliphatic rings. The number of halogens is 1. The van der Waals surface area contributed by atoms with Gasteiger partial charge in [0.2, 0.25) is 5.85 Å². The molecule has 0 aromatic carbocycles. The summed E-state index contributed by atoms with van der Waals surface area (Å²) in [6.07, 6.45) is 6.98. The maximum atomic E-state index is 9.51. The van der Waals surface area contributed by atoms with Crippen LogP contribution in [0.4, 0.5) is 0 Å². The molecule has 0 aromatic heterocycles. The highest BCUT2D eigenvalue weighted by Gasteiger charge is 2.19. The SMILES string of the molecule is CCNC1(O)C=CC=CN1.Cl. The van der Waals surface area contributed by atoms with Crippen LogP contribution in [0.25, 0.3) is 0 Å². The summed E-state index contributed by atoms with van der Waals surface area (Å²) in [7, 11) is 0. The normalized spacial score (nSPS) is 27.5. The molecule has 11 heavy (non-hydrogen) atoms. The first-order valence-corrected chi connectivity index (χ1v) is 3.36. The van der Waals surface area contributed by atoms with Crippen molar-refractivity contribution in [2.45, 2.75) is 12.8 Å². The van der Waals surface area contributed by atoms with Crippen LogP contribution in [-0.2, 0) is 0 Å². The molecule has 1 rings (SSSR count). The molecule has 0 spiro atoms. The van der Waals surface area contributed by atoms with Crippen molar-refractivity contribution in [1.29, 1.82) is 0 Å². The molecule has 1 heterocycles. The van der Waals surface area contributed by atoms with Gasteiger partial charge in [0.05, 0.1) is 0 Å². The minimum atomic E-state index is -1.04. The summed E-state index contributed by atoms with van der Waals surface area (Å²) in [5.41, 5.74) is 0. The second kappa shape index (κ2) is 4.38. The van der Waals surface area contributed by atoms with E-state index in [1.165, 1.54) is 0 Å². The van der Waals surface area contributed by atoms with Gasteiger partial charge in [-0.3, -0.25) is 5.32 Å². The Balaban J connectivity index is 0.000001000. The van der Waals surface area contributed by atoms with Crippen LogP contribution in [0.1, 0.15) is 6.92 Å². The van der Waals surface area contributed by atoms with Crippen LogP contribution < -0.4 is 10.6 Å². The predicted molar refractivity (Wildman–Crippen MR) is 47.3 cm³/mol. The first-order chi connectivity index (χ1) is 4.77. The number of hydrogen-bond acceptors (Lipinski definition) is 3. The van der Waals surface area contributed by atoms with E-state index in [-0.39, 0.29) is 12.4 Å². The van der Waals surface area contributed by atoms with Crippen LogP contribution in [0.2, 0.25) is 0 Å². The van der Waals surface area contributed by atoms with Crippen LogP contribution in [0.5, 0.6) is 0 Å². The number of rotatable bonds is 2. The Morgan fingerprint density at radius 3 is 2.73 bits per heavy atom. The third-order valence-electron chi connectivity index (χ3n) is 1.29. The molecule has 0 aliphatic carbocycles. The third kappa shape index (κ3) is 2.93. The van der Waals surface area contributed by atoms with Crippen molar-refractivity contribution in [3.05, 3.63) is 24.4 Å². The molecule has 1 aliphatic heterocycles. The van der Waals surface area contributed by atoms with Crippen molar-refractivity contribution in [1.82, 2.24) is 10.6 Å². The van der Waals surface area contributed by atoms with Gasteiger partial charge in [0, 0.05) is 6.20 Å². The van der Waals surface area contributed by atoms with Gasteiger partial charge in [-0.25, -0.2) is 0 Å². The van der Waals surface area contributed by atoms with E-state index >= 15 is 0 Å². The lowest BCUT2D eigenvalue weighted by atomic mass is 10.3. The van der Waals surface area contributed by atoms with E-state index in [0.717, 1.165) is 6.54 Å². The molecular formula is C7H13ClN2O. The number of dihydropyridines is 1. The molecule has 0 saturated heterocycles. The summed E-state index contributed by atoms with van der Waals surface area (Å²) in [5, 5.41) is 15.2. The molecule has 64 valence electrons. The molecule has 1 unspecified atom stereocenters. The van der Waals surface area contributed by atoms with Crippen LogP contribution in [0.3, 0.4) is 0 Å². The zero-order valence-corrected chi connectivity index (χ0v) is 7.19. The Labute approximate surface area is 72.6 Å². The number of nitrogens with one attached hydrogen (secondary N) is 2. The van der Waals surface area contributed by atoms with Crippen LogP contribution >= 0.6 is 12.4 Å². The second-order valence-electron chi connectivity index (χ2n) is 2.16. The summed E-state index contributed by atoms with van der Waals surface area (Å²) in [5.74, 6) is -1.04. The molecule has 0 amide bonds. The van der Waals surface area contributed by atoms with Crippen LogP contribution in [0.15, 0.2) is 24.4 Å². The average molecular weight is 177 g/mol. The average Bonchev–Trinajstić information content (AvgIpc) is 1.89. The molecule has 0 aromatic rings. The maximum absolute atomic E-state index is 9.51. The lowest BCUT2D eigenvalue weighted by Gasteiger charge is -2.27. The van der Waals surface area contributed by atoms with Gasteiger partial charge >= 0.3 is 0 Å². The van der Waals surface area contributed by atoms with Gasteiger partial charge in [0.1, 0.15) is 0 Å². The minimum absolute atomic E-state index is 0. The Hall–Kier alpha value is -0.510. The molecule has 0 radical (unpaired) electrons. The zero-order valence-electron chi connectivity index (χ0n) is 6.37. The van der Waals surface area contributed by atoms with Crippen molar-refractivity contribution >= 4 is 12.4 Å². The van der Waals surface area contributed by atoms with Crippen molar-refractivity contribution in [2.75, 3.05) is 6.54 Å². The second-order valence-corrected chi connectivity index (χ2v) is 2.16. The first kappa shape index (κ1) is 10.5. The summed E-state index contributed by atoms with van der Waals surface area (Å²) in [6.45, 7) is 2.66. The standard InChI is InChI=1S/C7H12N2O.ClH/c1-2-8-7(10)5-3-4-6-9-7;/h3-6,8-10H,2H2,1H3;1H. The predicted octanol–water partition coefficient (Wildman–Crippen LogP) is 0.337. The molecule has 4 heteroatoms. The van der Waals surface area contributed by atoms with Crippen molar-refractivity contribution in [3.8, 4) is 0 Å². The fourth-order valence-electron chi connectivity index (χ4n) is 0.853. The van der Waals surface area contributed by atoms with E-state index in [0.29, 0.717) is 0 Å². The number of aliphatic hydroxyl groups is 1. The van der Waals surface area contributed by atoms with Gasteiger partial charge in [-0.05, 0) is 18.7 Å². The largest absolute Gasteiger partial charge is 0.355 e. The van der Waals surface area contributed by atoms with Crippen molar-refractivity contribution in [2.24, 2.45) is 0 Å². The quantitative estimate of drug-likeness (QED) is 0.532. The Morgan fingerprint density at radius 1 is 1.55 bits per heavy atom. The fourth-order valence-corrected chi connectivity index (χ4v) is 0.853. The summed E-state index contributed by atoms with van der Waals surface area (Å²) in [6, 6.07) is 0. The van der Waals surface area contributed by atoms with E-state index in [1.54, 1.807) is 18.4 Å². The first-order valence-electron chi connectivity index (χ1n) is 3.36. The van der Waals surface area contributed by atoms with Gasteiger partial charge < -0.3 is 10.4 Å². The minimum Gasteiger partial charge on any atom is -0.355 e. The Kier molecular flexibility index (Phi) is 4.18. The van der Waals surface area contributed by atoms with Crippen molar-refractivity contribution < 1.29 is 5.11 Å². The van der Waals surface area contributed by atoms with E-state index < -0.39 is 5.85 Å². The maximum Gasteiger partial charge on any atom is 0.213 e. The highest BCUT2D eigenvalue weighted by Crippen LogP contribution is 2.01. The van der Waals surface area contributed by atoms with Gasteiger partial charge in [-0.2, -0.15) is 0 Å². The van der Waals surface area contributed by atoms with Gasteiger partial charge in [0.15, 0.2) is 0 Å². The lowest BCUT2D eigenvalue weighted by Crippen LogP contribution is -2.53. The molecule has 3 N–H and O–H groups in total. The fraction of sp³-hybridized carbons (Fsp3) is 0.429. The van der Waals surface area contributed by atoms with Gasteiger partial charge in [0.25, 0.3) is 0 Å². The summed E-state index contributed by atoms with van der Waals surface area (Å²) < 4.78 is 0. The van der Waals surface area contributed by atoms with Gasteiger partial charge in [-0.15, -0.1) is 12.4 Å². The Morgan fingerprint density at radius 2 is 2.27 bits per heavy atom. The van der Waals surface area contributed by atoms with Crippen molar-refractivity contribution in [3.63, 3.8) is 0 Å². The number of likely N-dealkylation sites (N-methyl/N-ethyl adjacent to an activating group) is 1. The molecule has 0 saturated carbocycles. The zero-order chi connectivity index (χ0) is 7.45. The highest BCUT2D eigenvalue weighted by molar-refractivity contribution is 5.85. The third-order valence-corrected chi connectivity index (χ3v) is 1.29. The van der Waals surface area contributed by atoms with Crippen LogP contribution in [-0.4, -0.2) is 17.5 Å². The topological polar surface area (TPSA) is 44.3 Å². The van der Waals surface area contributed by atoms with E-state index in [4.69, 9.17) is 0 Å². The van der Waals surface area contributed by atoms with Crippen LogP contribution in [0, 0.1) is 0 Å². The van der Waals surface area contributed by atoms with Gasteiger partial charge in [-0.1, -0.05) is 13.0 Å². The molecular weight excluding hydrogens is 164 g/mol. The van der Waals surface area contributed by atoms with E-state index in [9.17, 15) is 5.11 Å².